The smallest absolute Gasteiger partial charge is 0.241 e. The SMILES string of the molecule is CSc1ccc(C(C)NC(=O)[C@H](N)c2ccccc2)cc1. The van der Waals surface area contributed by atoms with Gasteiger partial charge in [-0.3, -0.25) is 4.79 Å². The van der Waals surface area contributed by atoms with Gasteiger partial charge in [0, 0.05) is 4.90 Å². The Bertz CT molecular complexity index is 583. The maximum atomic E-state index is 12.2. The van der Waals surface area contributed by atoms with E-state index in [0.717, 1.165) is 11.1 Å². The van der Waals surface area contributed by atoms with Crippen molar-refractivity contribution in [3.05, 3.63) is 65.7 Å². The van der Waals surface area contributed by atoms with Crippen molar-refractivity contribution in [2.24, 2.45) is 5.73 Å². The van der Waals surface area contributed by atoms with Crippen molar-refractivity contribution in [2.75, 3.05) is 6.26 Å². The molecule has 2 atom stereocenters. The molecule has 2 aromatic rings. The molecule has 1 unspecified atom stereocenters. The minimum Gasteiger partial charge on any atom is -0.348 e. The summed E-state index contributed by atoms with van der Waals surface area (Å²) in [6.07, 6.45) is 2.04. The van der Waals surface area contributed by atoms with Gasteiger partial charge in [0.15, 0.2) is 0 Å². The lowest BCUT2D eigenvalue weighted by Gasteiger charge is -2.18. The number of carbonyl (C=O) groups excluding carboxylic acids is 1. The van der Waals surface area contributed by atoms with Gasteiger partial charge >= 0.3 is 0 Å². The standard InChI is InChI=1S/C17H20N2OS/c1-12(13-8-10-15(21-2)11-9-13)19-17(20)16(18)14-6-4-3-5-7-14/h3-12,16H,18H2,1-2H3,(H,19,20)/t12?,16-/m1/s1. The molecule has 0 radical (unpaired) electrons. The predicted molar refractivity (Wildman–Crippen MR) is 88.2 cm³/mol. The van der Waals surface area contributed by atoms with Gasteiger partial charge in [0.1, 0.15) is 6.04 Å². The van der Waals surface area contributed by atoms with E-state index in [2.05, 4.69) is 17.4 Å². The highest BCUT2D eigenvalue weighted by atomic mass is 32.2. The van der Waals surface area contributed by atoms with Crippen LogP contribution in [0, 0.1) is 0 Å². The molecule has 21 heavy (non-hydrogen) atoms. The van der Waals surface area contributed by atoms with Gasteiger partial charge in [-0.25, -0.2) is 0 Å². The topological polar surface area (TPSA) is 55.1 Å². The summed E-state index contributed by atoms with van der Waals surface area (Å²) < 4.78 is 0. The van der Waals surface area contributed by atoms with Crippen molar-refractivity contribution >= 4 is 17.7 Å². The van der Waals surface area contributed by atoms with E-state index in [1.807, 2.05) is 55.6 Å². The Balaban J connectivity index is 2.01. The molecule has 4 heteroatoms. The summed E-state index contributed by atoms with van der Waals surface area (Å²) in [5.74, 6) is -0.164. The molecule has 3 N–H and O–H groups in total. The fourth-order valence-corrected chi connectivity index (χ4v) is 2.50. The number of thioether (sulfide) groups is 1. The van der Waals surface area contributed by atoms with Crippen LogP contribution >= 0.6 is 11.8 Å². The van der Waals surface area contributed by atoms with Crippen molar-refractivity contribution in [2.45, 2.75) is 23.9 Å². The Kier molecular flexibility index (Phi) is 5.42. The summed E-state index contributed by atoms with van der Waals surface area (Å²) in [6.45, 7) is 1.96. The minimum atomic E-state index is -0.640. The Morgan fingerprint density at radius 2 is 1.67 bits per heavy atom. The van der Waals surface area contributed by atoms with Crippen molar-refractivity contribution in [3.63, 3.8) is 0 Å². The minimum absolute atomic E-state index is 0.0665. The molecule has 0 aliphatic heterocycles. The molecule has 1 amide bonds. The highest BCUT2D eigenvalue weighted by Crippen LogP contribution is 2.19. The van der Waals surface area contributed by atoms with E-state index in [1.54, 1.807) is 11.8 Å². The molecule has 0 fully saturated rings. The van der Waals surface area contributed by atoms with Gasteiger partial charge in [-0.05, 0) is 36.4 Å². The summed E-state index contributed by atoms with van der Waals surface area (Å²) in [7, 11) is 0. The number of carbonyl (C=O) groups is 1. The molecular formula is C17H20N2OS. The summed E-state index contributed by atoms with van der Waals surface area (Å²) in [6, 6.07) is 16.9. The maximum Gasteiger partial charge on any atom is 0.241 e. The number of hydrogen-bond acceptors (Lipinski definition) is 3. The quantitative estimate of drug-likeness (QED) is 0.833. The summed E-state index contributed by atoms with van der Waals surface area (Å²) in [5, 5.41) is 2.96. The van der Waals surface area contributed by atoms with Crippen LogP contribution in [0.5, 0.6) is 0 Å². The van der Waals surface area contributed by atoms with Gasteiger partial charge in [-0.1, -0.05) is 42.5 Å². The Hall–Kier alpha value is -1.78. The maximum absolute atomic E-state index is 12.2. The molecule has 2 rings (SSSR count). The normalized spacial score (nSPS) is 13.5. The largest absolute Gasteiger partial charge is 0.348 e. The van der Waals surface area contributed by atoms with Gasteiger partial charge in [0.2, 0.25) is 5.91 Å². The molecule has 2 aromatic carbocycles. The van der Waals surface area contributed by atoms with Crippen LogP contribution in [0.3, 0.4) is 0 Å². The molecule has 0 saturated carbocycles. The number of nitrogens with one attached hydrogen (secondary N) is 1. The third-order valence-electron chi connectivity index (χ3n) is 3.42. The van der Waals surface area contributed by atoms with Crippen molar-refractivity contribution in [1.82, 2.24) is 5.32 Å². The Labute approximate surface area is 129 Å². The van der Waals surface area contributed by atoms with Gasteiger partial charge in [0.25, 0.3) is 0 Å². The number of rotatable bonds is 5. The van der Waals surface area contributed by atoms with Gasteiger partial charge in [-0.2, -0.15) is 0 Å². The molecule has 3 nitrogen and oxygen atoms in total. The Morgan fingerprint density at radius 1 is 1.05 bits per heavy atom. The molecule has 0 heterocycles. The number of amides is 1. The average molecular weight is 300 g/mol. The second-order valence-corrected chi connectivity index (χ2v) is 5.77. The Morgan fingerprint density at radius 3 is 2.24 bits per heavy atom. The summed E-state index contributed by atoms with van der Waals surface area (Å²) in [4.78, 5) is 13.4. The number of nitrogens with two attached hydrogens (primary N) is 1. The lowest BCUT2D eigenvalue weighted by atomic mass is 10.1. The van der Waals surface area contributed by atoms with Crippen LogP contribution in [0.2, 0.25) is 0 Å². The first-order valence-electron chi connectivity index (χ1n) is 6.86. The zero-order valence-electron chi connectivity index (χ0n) is 12.2. The third-order valence-corrected chi connectivity index (χ3v) is 4.16. The van der Waals surface area contributed by atoms with E-state index >= 15 is 0 Å². The highest BCUT2D eigenvalue weighted by Gasteiger charge is 2.18. The van der Waals surface area contributed by atoms with Crippen LogP contribution in [-0.4, -0.2) is 12.2 Å². The monoisotopic (exact) mass is 300 g/mol. The first-order chi connectivity index (χ1) is 10.1. The zero-order chi connectivity index (χ0) is 15.2. The van der Waals surface area contributed by atoms with E-state index in [-0.39, 0.29) is 11.9 Å². The second kappa shape index (κ2) is 7.29. The van der Waals surface area contributed by atoms with E-state index in [1.165, 1.54) is 4.90 Å². The van der Waals surface area contributed by atoms with E-state index in [9.17, 15) is 4.79 Å². The van der Waals surface area contributed by atoms with Crippen molar-refractivity contribution < 1.29 is 4.79 Å². The van der Waals surface area contributed by atoms with Gasteiger partial charge < -0.3 is 11.1 Å². The summed E-state index contributed by atoms with van der Waals surface area (Å²) >= 11 is 1.70. The highest BCUT2D eigenvalue weighted by molar-refractivity contribution is 7.98. The van der Waals surface area contributed by atoms with Crippen LogP contribution in [0.15, 0.2) is 59.5 Å². The lowest BCUT2D eigenvalue weighted by molar-refractivity contribution is -0.123. The first-order valence-corrected chi connectivity index (χ1v) is 8.09. The van der Waals surface area contributed by atoms with Crippen LogP contribution < -0.4 is 11.1 Å². The van der Waals surface area contributed by atoms with Gasteiger partial charge in [0.05, 0.1) is 6.04 Å². The second-order valence-electron chi connectivity index (χ2n) is 4.89. The molecule has 0 spiro atoms. The van der Waals surface area contributed by atoms with Gasteiger partial charge in [-0.15, -0.1) is 11.8 Å². The molecule has 110 valence electrons. The van der Waals surface area contributed by atoms with Crippen LogP contribution in [-0.2, 0) is 4.79 Å². The van der Waals surface area contributed by atoms with Crippen LogP contribution in [0.1, 0.15) is 30.1 Å². The average Bonchev–Trinajstić information content (AvgIpc) is 2.55. The van der Waals surface area contributed by atoms with E-state index < -0.39 is 6.04 Å². The lowest BCUT2D eigenvalue weighted by Crippen LogP contribution is -2.35. The molecule has 0 saturated heterocycles. The number of hydrogen-bond donors (Lipinski definition) is 2. The van der Waals surface area contributed by atoms with Crippen molar-refractivity contribution in [3.8, 4) is 0 Å². The van der Waals surface area contributed by atoms with Crippen molar-refractivity contribution in [1.29, 1.82) is 0 Å². The summed E-state index contributed by atoms with van der Waals surface area (Å²) in [5.41, 5.74) is 7.89. The fraction of sp³-hybridized carbons (Fsp3) is 0.235. The zero-order valence-corrected chi connectivity index (χ0v) is 13.1. The number of benzene rings is 2. The molecule has 0 aliphatic carbocycles. The molecule has 0 aliphatic rings. The molecule has 0 aromatic heterocycles. The molecular weight excluding hydrogens is 280 g/mol. The first kappa shape index (κ1) is 15.6. The van der Waals surface area contributed by atoms with Crippen LogP contribution in [0.25, 0.3) is 0 Å². The van der Waals surface area contributed by atoms with E-state index in [4.69, 9.17) is 5.73 Å². The van der Waals surface area contributed by atoms with E-state index in [0.29, 0.717) is 0 Å². The third kappa shape index (κ3) is 4.09. The predicted octanol–water partition coefficient (Wildman–Crippen LogP) is 3.29. The van der Waals surface area contributed by atoms with Crippen LogP contribution in [0.4, 0.5) is 0 Å². The molecule has 0 bridgehead atoms. The fourth-order valence-electron chi connectivity index (χ4n) is 2.09.